The second kappa shape index (κ2) is 8.55. The summed E-state index contributed by atoms with van der Waals surface area (Å²) in [5.74, 6) is -3.81. The molecular weight excluding hydrogens is 425 g/mol. The third kappa shape index (κ3) is 4.09. The molecule has 11 heteroatoms. The van der Waals surface area contributed by atoms with Crippen LogP contribution in [0.15, 0.2) is 18.3 Å². The molecule has 0 amide bonds. The Balaban J connectivity index is 1.61. The summed E-state index contributed by atoms with van der Waals surface area (Å²) in [6.07, 6.45) is 1.30. The summed E-state index contributed by atoms with van der Waals surface area (Å²) in [7, 11) is 0. The van der Waals surface area contributed by atoms with Gasteiger partial charge in [0.25, 0.3) is 0 Å². The molecule has 5 rings (SSSR count). The second-order valence-corrected chi connectivity index (χ2v) is 7.74. The van der Waals surface area contributed by atoms with Crippen LogP contribution >= 0.6 is 0 Å². The van der Waals surface area contributed by atoms with E-state index in [4.69, 9.17) is 10.2 Å². The van der Waals surface area contributed by atoms with Crippen LogP contribution in [0.1, 0.15) is 43.6 Å². The van der Waals surface area contributed by atoms with E-state index in [1.54, 1.807) is 0 Å². The molecule has 1 atom stereocenters. The number of aliphatic hydroxyl groups is 1. The zero-order valence-corrected chi connectivity index (χ0v) is 16.8. The van der Waals surface area contributed by atoms with Gasteiger partial charge in [-0.15, -0.1) is 0 Å². The Kier molecular flexibility index (Phi) is 4.45. The Labute approximate surface area is 187 Å². The molecule has 0 radical (unpaired) electrons. The molecule has 2 aliphatic rings. The number of aromatic nitrogens is 4. The second-order valence-electron chi connectivity index (χ2n) is 7.74. The SMILES string of the molecule is [2H]C1([2H])COC([2H])([2H])C1n1c(Nc2c(F)cc(F)cc2F)nc2cnc(NC3CCC(O)CC3)nc21. The lowest BCUT2D eigenvalue weighted by atomic mass is 9.93. The predicted molar refractivity (Wildman–Crippen MR) is 111 cm³/mol. The lowest BCUT2D eigenvalue weighted by Gasteiger charge is -2.26. The highest BCUT2D eigenvalue weighted by Gasteiger charge is 2.27. The van der Waals surface area contributed by atoms with E-state index < -0.39 is 48.7 Å². The number of rotatable bonds is 5. The molecule has 1 aliphatic carbocycles. The van der Waals surface area contributed by atoms with Crippen LogP contribution in [0.25, 0.3) is 11.2 Å². The van der Waals surface area contributed by atoms with Crippen LogP contribution in [0.5, 0.6) is 0 Å². The van der Waals surface area contributed by atoms with Crippen LogP contribution in [0.4, 0.5) is 30.8 Å². The fraction of sp³-hybridized carbons (Fsp3) is 0.476. The van der Waals surface area contributed by atoms with E-state index in [-0.39, 0.29) is 35.2 Å². The highest BCUT2D eigenvalue weighted by atomic mass is 19.1. The van der Waals surface area contributed by atoms with Gasteiger partial charge in [0.05, 0.1) is 27.6 Å². The van der Waals surface area contributed by atoms with E-state index in [1.165, 1.54) is 6.20 Å². The van der Waals surface area contributed by atoms with Crippen LogP contribution in [-0.4, -0.2) is 49.9 Å². The normalized spacial score (nSPS) is 28.6. The third-order valence-electron chi connectivity index (χ3n) is 5.51. The van der Waals surface area contributed by atoms with Crippen LogP contribution in [0.3, 0.4) is 0 Å². The molecular formula is C21H23F3N6O2. The molecule has 1 unspecified atom stereocenters. The summed E-state index contributed by atoms with van der Waals surface area (Å²) >= 11 is 0. The van der Waals surface area contributed by atoms with Crippen LogP contribution < -0.4 is 10.6 Å². The number of halogens is 3. The van der Waals surface area contributed by atoms with Crippen molar-refractivity contribution in [1.29, 1.82) is 0 Å². The van der Waals surface area contributed by atoms with E-state index in [0.29, 0.717) is 37.8 Å². The molecule has 0 spiro atoms. The lowest BCUT2D eigenvalue weighted by molar-refractivity contribution is 0.126. The number of hydrogen-bond acceptors (Lipinski definition) is 7. The fourth-order valence-electron chi connectivity index (χ4n) is 3.90. The zero-order valence-electron chi connectivity index (χ0n) is 20.8. The van der Waals surface area contributed by atoms with Gasteiger partial charge in [0, 0.05) is 27.5 Å². The van der Waals surface area contributed by atoms with Gasteiger partial charge < -0.3 is 20.5 Å². The molecule has 0 bridgehead atoms. The monoisotopic (exact) mass is 452 g/mol. The number of nitrogens with one attached hydrogen (secondary N) is 2. The number of aliphatic hydroxyl groups excluding tert-OH is 1. The van der Waals surface area contributed by atoms with Crippen molar-refractivity contribution >= 4 is 28.7 Å². The van der Waals surface area contributed by atoms with Gasteiger partial charge in [-0.05, 0) is 32.1 Å². The maximum Gasteiger partial charge on any atom is 0.224 e. The van der Waals surface area contributed by atoms with Crippen LogP contribution in [-0.2, 0) is 4.74 Å². The summed E-state index contributed by atoms with van der Waals surface area (Å²) in [6, 6.07) is -0.719. The first-order valence-electron chi connectivity index (χ1n) is 12.2. The average molecular weight is 452 g/mol. The molecule has 170 valence electrons. The first-order valence-corrected chi connectivity index (χ1v) is 10.2. The molecule has 3 heterocycles. The van der Waals surface area contributed by atoms with E-state index in [0.717, 1.165) is 4.57 Å². The molecule has 3 aromatic rings. The molecule has 2 fully saturated rings. The summed E-state index contributed by atoms with van der Waals surface area (Å²) in [5.41, 5.74) is -0.652. The maximum atomic E-state index is 14.4. The summed E-state index contributed by atoms with van der Waals surface area (Å²) < 4.78 is 81.6. The van der Waals surface area contributed by atoms with Crippen molar-refractivity contribution in [2.45, 2.75) is 50.2 Å². The van der Waals surface area contributed by atoms with Crippen LogP contribution in [0, 0.1) is 17.5 Å². The third-order valence-corrected chi connectivity index (χ3v) is 5.51. The van der Waals surface area contributed by atoms with E-state index in [2.05, 4.69) is 25.6 Å². The Morgan fingerprint density at radius 1 is 1.12 bits per heavy atom. The highest BCUT2D eigenvalue weighted by molar-refractivity contribution is 5.76. The minimum Gasteiger partial charge on any atom is -0.393 e. The topological polar surface area (TPSA) is 97.1 Å². The number of benzene rings is 1. The fourth-order valence-corrected chi connectivity index (χ4v) is 3.90. The van der Waals surface area contributed by atoms with E-state index >= 15 is 0 Å². The quantitative estimate of drug-likeness (QED) is 0.544. The smallest absolute Gasteiger partial charge is 0.224 e. The minimum atomic E-state index is -2.52. The first-order chi connectivity index (χ1) is 16.9. The average Bonchev–Trinajstić information content (AvgIpc) is 3.23. The standard InChI is InChI=1S/C21H23F3N6O2/c22-11-7-15(23)18(16(24)8-11)28-21-27-17-9-25-20(26-12-1-3-14(31)4-2-12)29-19(17)30(21)13-5-6-32-10-13/h7-9,12-14,31H,1-6,10H2,(H,27,28)(H,25,26,29)/i5D2,10D2. The molecule has 1 aliphatic heterocycles. The van der Waals surface area contributed by atoms with Gasteiger partial charge in [0.1, 0.15) is 17.0 Å². The van der Waals surface area contributed by atoms with Gasteiger partial charge in [-0.3, -0.25) is 4.57 Å². The van der Waals surface area contributed by atoms with Crippen molar-refractivity contribution in [3.63, 3.8) is 0 Å². The predicted octanol–water partition coefficient (Wildman–Crippen LogP) is 3.66. The van der Waals surface area contributed by atoms with Crippen molar-refractivity contribution in [2.24, 2.45) is 0 Å². The van der Waals surface area contributed by atoms with Gasteiger partial charge in [-0.2, -0.15) is 4.98 Å². The number of fused-ring (bicyclic) bond motifs is 1. The minimum absolute atomic E-state index is 0.00276. The van der Waals surface area contributed by atoms with Gasteiger partial charge in [-0.1, -0.05) is 0 Å². The largest absolute Gasteiger partial charge is 0.393 e. The Bertz CT molecular complexity index is 1260. The van der Waals surface area contributed by atoms with Crippen LogP contribution in [0.2, 0.25) is 0 Å². The van der Waals surface area contributed by atoms with Crippen molar-refractivity contribution in [2.75, 3.05) is 23.8 Å². The molecule has 1 saturated carbocycles. The Morgan fingerprint density at radius 3 is 2.56 bits per heavy atom. The molecule has 32 heavy (non-hydrogen) atoms. The van der Waals surface area contributed by atoms with E-state index in [9.17, 15) is 18.3 Å². The van der Waals surface area contributed by atoms with Crippen molar-refractivity contribution in [1.82, 2.24) is 19.5 Å². The highest BCUT2D eigenvalue weighted by Crippen LogP contribution is 2.32. The Morgan fingerprint density at radius 2 is 1.88 bits per heavy atom. The van der Waals surface area contributed by atoms with Gasteiger partial charge in [0.2, 0.25) is 11.9 Å². The Hall–Kier alpha value is -2.92. The van der Waals surface area contributed by atoms with E-state index in [1.807, 2.05) is 0 Å². The lowest BCUT2D eigenvalue weighted by Crippen LogP contribution is -2.29. The molecule has 1 saturated heterocycles. The van der Waals surface area contributed by atoms with Gasteiger partial charge in [0.15, 0.2) is 17.3 Å². The molecule has 1 aromatic carbocycles. The number of ether oxygens (including phenoxy) is 1. The summed E-state index contributed by atoms with van der Waals surface area (Å²) in [5, 5.41) is 15.3. The summed E-state index contributed by atoms with van der Waals surface area (Å²) in [4.78, 5) is 12.9. The van der Waals surface area contributed by atoms with Crippen molar-refractivity contribution < 1.29 is 28.5 Å². The molecule has 3 N–H and O–H groups in total. The van der Waals surface area contributed by atoms with Crippen molar-refractivity contribution in [3.8, 4) is 0 Å². The van der Waals surface area contributed by atoms with Gasteiger partial charge in [-0.25, -0.2) is 23.1 Å². The summed E-state index contributed by atoms with van der Waals surface area (Å²) in [6.45, 7) is -3.10. The number of imidazole rings is 1. The first kappa shape index (κ1) is 16.7. The number of hydrogen-bond donors (Lipinski definition) is 3. The maximum absolute atomic E-state index is 14.4. The zero-order chi connectivity index (χ0) is 25.8. The number of nitrogens with zero attached hydrogens (tertiary/aromatic N) is 4. The number of anilines is 3. The molecule has 8 nitrogen and oxygen atoms in total. The molecule has 2 aromatic heterocycles. The van der Waals surface area contributed by atoms with Gasteiger partial charge >= 0.3 is 0 Å². The van der Waals surface area contributed by atoms with Crippen molar-refractivity contribution in [3.05, 3.63) is 35.8 Å².